The van der Waals surface area contributed by atoms with Gasteiger partial charge in [-0.25, -0.2) is 4.79 Å². The van der Waals surface area contributed by atoms with Gasteiger partial charge in [0.05, 0.1) is 0 Å². The van der Waals surface area contributed by atoms with Crippen LogP contribution in [0.4, 0.5) is 4.79 Å². The Morgan fingerprint density at radius 3 is 2.47 bits per heavy atom. The molecule has 1 fully saturated rings. The van der Waals surface area contributed by atoms with Crippen molar-refractivity contribution in [1.82, 2.24) is 15.1 Å². The molecule has 0 unspecified atom stereocenters. The second-order valence-electron chi connectivity index (χ2n) is 6.43. The van der Waals surface area contributed by atoms with Crippen molar-refractivity contribution in [3.8, 4) is 0 Å². The van der Waals surface area contributed by atoms with Crippen LogP contribution in [0.2, 0.25) is 0 Å². The van der Waals surface area contributed by atoms with Crippen LogP contribution in [0.3, 0.4) is 0 Å². The lowest BCUT2D eigenvalue weighted by Gasteiger charge is -2.30. The zero-order valence-corrected chi connectivity index (χ0v) is 13.0. The highest BCUT2D eigenvalue weighted by atomic mass is 16.6. The number of hydrogen-bond donors (Lipinski definition) is 1. The molecule has 5 nitrogen and oxygen atoms in total. The second kappa shape index (κ2) is 7.10. The molecular weight excluding hydrogens is 242 g/mol. The Morgan fingerprint density at radius 1 is 1.37 bits per heavy atom. The first-order valence-corrected chi connectivity index (χ1v) is 7.14. The molecule has 1 aliphatic rings. The smallest absolute Gasteiger partial charge is 0.410 e. The van der Waals surface area contributed by atoms with E-state index >= 15 is 0 Å². The van der Waals surface area contributed by atoms with Crippen molar-refractivity contribution in [2.45, 2.75) is 45.3 Å². The lowest BCUT2D eigenvalue weighted by atomic mass is 10.1. The molecule has 1 amide bonds. The number of piperidine rings is 1. The summed E-state index contributed by atoms with van der Waals surface area (Å²) in [6, 6.07) is 0.586. The third kappa shape index (κ3) is 6.78. The van der Waals surface area contributed by atoms with Crippen LogP contribution in [-0.4, -0.2) is 67.8 Å². The molecular formula is C14H29N3O2. The molecule has 0 radical (unpaired) electrons. The lowest BCUT2D eigenvalue weighted by molar-refractivity contribution is 0.0298. The number of likely N-dealkylation sites (N-methyl/N-ethyl adjacent to an activating group) is 1. The molecule has 0 aliphatic carbocycles. The quantitative estimate of drug-likeness (QED) is 0.842. The van der Waals surface area contributed by atoms with E-state index in [0.717, 1.165) is 19.6 Å². The maximum atomic E-state index is 11.8. The number of likely N-dealkylation sites (tertiary alicyclic amines) is 1. The molecule has 0 spiro atoms. The minimum absolute atomic E-state index is 0.252. The van der Waals surface area contributed by atoms with E-state index in [9.17, 15) is 4.79 Å². The number of ether oxygens (including phenoxy) is 1. The summed E-state index contributed by atoms with van der Waals surface area (Å²) in [4.78, 5) is 15.7. The van der Waals surface area contributed by atoms with Crippen molar-refractivity contribution in [3.05, 3.63) is 0 Å². The number of carbonyl (C=O) groups is 1. The third-order valence-electron chi connectivity index (χ3n) is 3.30. The van der Waals surface area contributed by atoms with E-state index in [1.807, 2.05) is 20.8 Å². The molecule has 19 heavy (non-hydrogen) atoms. The minimum Gasteiger partial charge on any atom is -0.444 e. The molecule has 112 valence electrons. The Balaban J connectivity index is 2.16. The molecule has 1 rings (SSSR count). The highest BCUT2D eigenvalue weighted by Gasteiger charge is 2.20. The summed E-state index contributed by atoms with van der Waals surface area (Å²) in [5, 5.41) is 3.51. The number of nitrogens with one attached hydrogen (secondary N) is 1. The molecule has 0 aromatic heterocycles. The van der Waals surface area contributed by atoms with Gasteiger partial charge in [-0.15, -0.1) is 0 Å². The zero-order chi connectivity index (χ0) is 14.5. The van der Waals surface area contributed by atoms with Crippen LogP contribution in [-0.2, 0) is 4.74 Å². The first-order valence-electron chi connectivity index (χ1n) is 7.14. The van der Waals surface area contributed by atoms with Crippen molar-refractivity contribution < 1.29 is 9.53 Å². The second-order valence-corrected chi connectivity index (χ2v) is 6.43. The summed E-state index contributed by atoms with van der Waals surface area (Å²) >= 11 is 0. The fraction of sp³-hybridized carbons (Fsp3) is 0.929. The van der Waals surface area contributed by atoms with Gasteiger partial charge in [0, 0.05) is 26.2 Å². The van der Waals surface area contributed by atoms with E-state index in [2.05, 4.69) is 17.3 Å². The molecule has 5 heteroatoms. The summed E-state index contributed by atoms with van der Waals surface area (Å²) in [5.74, 6) is 0. The number of nitrogens with zero attached hydrogens (tertiary/aromatic N) is 2. The van der Waals surface area contributed by atoms with Gasteiger partial charge < -0.3 is 19.9 Å². The SMILES string of the molecule is CN1CCC(NCCN(C)C(=O)OC(C)(C)C)CC1. The van der Waals surface area contributed by atoms with Crippen LogP contribution in [0.1, 0.15) is 33.6 Å². The standard InChI is InChI=1S/C14H29N3O2/c1-14(2,3)19-13(18)17(5)11-8-15-12-6-9-16(4)10-7-12/h12,15H,6-11H2,1-5H3. The van der Waals surface area contributed by atoms with Gasteiger partial charge in [0.1, 0.15) is 5.60 Å². The van der Waals surface area contributed by atoms with E-state index in [1.165, 1.54) is 12.8 Å². The Bertz CT molecular complexity index is 281. The van der Waals surface area contributed by atoms with Crippen LogP contribution < -0.4 is 5.32 Å². The number of rotatable bonds is 4. The van der Waals surface area contributed by atoms with Gasteiger partial charge in [-0.2, -0.15) is 0 Å². The molecule has 1 N–H and O–H groups in total. The van der Waals surface area contributed by atoms with Crippen LogP contribution >= 0.6 is 0 Å². The van der Waals surface area contributed by atoms with Gasteiger partial charge in [-0.3, -0.25) is 0 Å². The topological polar surface area (TPSA) is 44.8 Å². The molecule has 1 aliphatic heterocycles. The molecule has 0 bridgehead atoms. The Labute approximate surface area is 117 Å². The van der Waals surface area contributed by atoms with Crippen molar-refractivity contribution in [2.24, 2.45) is 0 Å². The molecule has 0 saturated carbocycles. The largest absolute Gasteiger partial charge is 0.444 e. The van der Waals surface area contributed by atoms with E-state index in [1.54, 1.807) is 11.9 Å². The summed E-state index contributed by atoms with van der Waals surface area (Å²) in [5.41, 5.74) is -0.424. The zero-order valence-electron chi connectivity index (χ0n) is 13.0. The predicted octanol–water partition coefficient (Wildman–Crippen LogP) is 1.54. The molecule has 0 aromatic rings. The number of carbonyl (C=O) groups excluding carboxylic acids is 1. The summed E-state index contributed by atoms with van der Waals surface area (Å²) in [7, 11) is 3.94. The van der Waals surface area contributed by atoms with Crippen LogP contribution in [0, 0.1) is 0 Å². The Hall–Kier alpha value is -0.810. The summed E-state index contributed by atoms with van der Waals surface area (Å²) < 4.78 is 5.31. The number of amides is 1. The lowest BCUT2D eigenvalue weighted by Crippen LogP contribution is -2.44. The highest BCUT2D eigenvalue weighted by molar-refractivity contribution is 5.67. The fourth-order valence-corrected chi connectivity index (χ4v) is 2.08. The van der Waals surface area contributed by atoms with Crippen molar-refractivity contribution in [2.75, 3.05) is 40.3 Å². The monoisotopic (exact) mass is 271 g/mol. The van der Waals surface area contributed by atoms with E-state index in [-0.39, 0.29) is 6.09 Å². The average molecular weight is 271 g/mol. The highest BCUT2D eigenvalue weighted by Crippen LogP contribution is 2.09. The van der Waals surface area contributed by atoms with Crippen molar-refractivity contribution in [1.29, 1.82) is 0 Å². The minimum atomic E-state index is -0.424. The van der Waals surface area contributed by atoms with E-state index in [0.29, 0.717) is 12.6 Å². The predicted molar refractivity (Wildman–Crippen MR) is 77.4 cm³/mol. The van der Waals surface area contributed by atoms with Crippen molar-refractivity contribution in [3.63, 3.8) is 0 Å². The van der Waals surface area contributed by atoms with Gasteiger partial charge in [-0.05, 0) is 53.8 Å². The van der Waals surface area contributed by atoms with Crippen LogP contribution in [0.15, 0.2) is 0 Å². The average Bonchev–Trinajstić information content (AvgIpc) is 2.29. The molecule has 0 atom stereocenters. The van der Waals surface area contributed by atoms with Gasteiger partial charge in [0.25, 0.3) is 0 Å². The van der Waals surface area contributed by atoms with Gasteiger partial charge in [0.2, 0.25) is 0 Å². The van der Waals surface area contributed by atoms with Gasteiger partial charge >= 0.3 is 6.09 Å². The van der Waals surface area contributed by atoms with E-state index < -0.39 is 5.60 Å². The van der Waals surface area contributed by atoms with Crippen LogP contribution in [0.5, 0.6) is 0 Å². The first-order chi connectivity index (χ1) is 8.78. The summed E-state index contributed by atoms with van der Waals surface area (Å²) in [6.45, 7) is 9.46. The number of hydrogen-bond acceptors (Lipinski definition) is 4. The normalized spacial score (nSPS) is 18.4. The van der Waals surface area contributed by atoms with Crippen molar-refractivity contribution >= 4 is 6.09 Å². The first kappa shape index (κ1) is 16.2. The maximum absolute atomic E-state index is 11.8. The maximum Gasteiger partial charge on any atom is 0.410 e. The third-order valence-corrected chi connectivity index (χ3v) is 3.30. The fourth-order valence-electron chi connectivity index (χ4n) is 2.08. The summed E-state index contributed by atoms with van der Waals surface area (Å²) in [6.07, 6.45) is 2.12. The van der Waals surface area contributed by atoms with Gasteiger partial charge in [0.15, 0.2) is 0 Å². The molecule has 1 heterocycles. The molecule has 1 saturated heterocycles. The van der Waals surface area contributed by atoms with Gasteiger partial charge in [-0.1, -0.05) is 0 Å². The van der Waals surface area contributed by atoms with E-state index in [4.69, 9.17) is 4.74 Å². The van der Waals surface area contributed by atoms with Crippen LogP contribution in [0.25, 0.3) is 0 Å². The Morgan fingerprint density at radius 2 is 1.95 bits per heavy atom. The Kier molecular flexibility index (Phi) is 6.07. The molecule has 0 aromatic carbocycles.